The molecular formula is C15H19BrN4O. The molecular weight excluding hydrogens is 332 g/mol. The second kappa shape index (κ2) is 6.30. The molecule has 0 saturated heterocycles. The predicted octanol–water partition coefficient (Wildman–Crippen LogP) is 2.82. The third kappa shape index (κ3) is 3.10. The number of halogens is 1. The van der Waals surface area contributed by atoms with Crippen molar-refractivity contribution in [2.75, 3.05) is 5.73 Å². The lowest BCUT2D eigenvalue weighted by atomic mass is 10.1. The Hall–Kier alpha value is -1.82. The van der Waals surface area contributed by atoms with Gasteiger partial charge < -0.3 is 11.1 Å². The van der Waals surface area contributed by atoms with E-state index in [9.17, 15) is 4.79 Å². The van der Waals surface area contributed by atoms with E-state index in [2.05, 4.69) is 26.3 Å². The molecule has 3 N–H and O–H groups in total. The van der Waals surface area contributed by atoms with Gasteiger partial charge in [-0.1, -0.05) is 41.1 Å². The zero-order chi connectivity index (χ0) is 15.6. The molecule has 1 aromatic heterocycles. The Kier molecular flexibility index (Phi) is 4.67. The molecule has 0 aliphatic carbocycles. The molecule has 0 aliphatic rings. The molecule has 0 saturated carbocycles. The lowest BCUT2D eigenvalue weighted by Gasteiger charge is -2.16. The summed E-state index contributed by atoms with van der Waals surface area (Å²) < 4.78 is 2.50. The van der Waals surface area contributed by atoms with E-state index in [1.54, 1.807) is 7.05 Å². The van der Waals surface area contributed by atoms with Gasteiger partial charge in [-0.25, -0.2) is 0 Å². The number of benzene rings is 1. The van der Waals surface area contributed by atoms with Gasteiger partial charge in [0.05, 0.1) is 17.4 Å². The summed E-state index contributed by atoms with van der Waals surface area (Å²) in [5, 5.41) is 7.23. The number of rotatable bonds is 4. The summed E-state index contributed by atoms with van der Waals surface area (Å²) in [5.41, 5.74) is 8.63. The summed E-state index contributed by atoms with van der Waals surface area (Å²) in [6.45, 7) is 3.90. The molecule has 0 fully saturated rings. The van der Waals surface area contributed by atoms with E-state index in [0.717, 1.165) is 15.7 Å². The van der Waals surface area contributed by atoms with Crippen LogP contribution in [0.3, 0.4) is 0 Å². The lowest BCUT2D eigenvalue weighted by molar-refractivity contribution is 0.0931. The van der Waals surface area contributed by atoms with Crippen molar-refractivity contribution in [3.8, 4) is 0 Å². The Morgan fingerprint density at radius 2 is 2.14 bits per heavy atom. The Bertz CT molecular complexity index is 666. The molecule has 1 amide bonds. The number of nitrogen functional groups attached to an aromatic ring is 1. The van der Waals surface area contributed by atoms with Gasteiger partial charge in [-0.15, -0.1) is 0 Å². The molecule has 21 heavy (non-hydrogen) atoms. The third-order valence-electron chi connectivity index (χ3n) is 3.43. The largest absolute Gasteiger partial charge is 0.395 e. The standard InChI is InChI=1S/C15H19BrN4O/c1-4-12-13(17)14(20(3)19-12)15(21)18-9(2)10-7-5-6-8-11(10)16/h5-9H,4,17H2,1-3H3,(H,18,21). The molecule has 2 aromatic rings. The highest BCUT2D eigenvalue weighted by Crippen LogP contribution is 2.24. The Morgan fingerprint density at radius 3 is 2.71 bits per heavy atom. The summed E-state index contributed by atoms with van der Waals surface area (Å²) >= 11 is 3.49. The number of nitrogens with two attached hydrogens (primary N) is 1. The van der Waals surface area contributed by atoms with E-state index < -0.39 is 0 Å². The highest BCUT2D eigenvalue weighted by atomic mass is 79.9. The average molecular weight is 351 g/mol. The Morgan fingerprint density at radius 1 is 1.48 bits per heavy atom. The normalized spacial score (nSPS) is 12.2. The first-order chi connectivity index (χ1) is 9.95. The fraction of sp³-hybridized carbons (Fsp3) is 0.333. The van der Waals surface area contributed by atoms with Crippen LogP contribution in [0.2, 0.25) is 0 Å². The fourth-order valence-corrected chi connectivity index (χ4v) is 2.92. The summed E-state index contributed by atoms with van der Waals surface area (Å²) in [6, 6.07) is 7.67. The van der Waals surface area contributed by atoms with Crippen LogP contribution in [0.1, 0.15) is 41.6 Å². The molecule has 0 aliphatic heterocycles. The second-order valence-corrected chi connectivity index (χ2v) is 5.76. The molecule has 0 spiro atoms. The van der Waals surface area contributed by atoms with Gasteiger partial charge in [-0.2, -0.15) is 5.10 Å². The van der Waals surface area contributed by atoms with Crippen molar-refractivity contribution in [2.45, 2.75) is 26.3 Å². The van der Waals surface area contributed by atoms with Gasteiger partial charge in [0, 0.05) is 11.5 Å². The highest BCUT2D eigenvalue weighted by molar-refractivity contribution is 9.10. The molecule has 112 valence electrons. The van der Waals surface area contributed by atoms with Crippen LogP contribution >= 0.6 is 15.9 Å². The number of carbonyl (C=O) groups is 1. The number of hydrogen-bond acceptors (Lipinski definition) is 3. The number of hydrogen-bond donors (Lipinski definition) is 2. The van der Waals surface area contributed by atoms with Crippen LogP contribution in [-0.2, 0) is 13.5 Å². The van der Waals surface area contributed by atoms with Crippen LogP contribution < -0.4 is 11.1 Å². The molecule has 5 nitrogen and oxygen atoms in total. The minimum Gasteiger partial charge on any atom is -0.395 e. The SMILES string of the molecule is CCc1nn(C)c(C(=O)NC(C)c2ccccc2Br)c1N. The van der Waals surface area contributed by atoms with Crippen molar-refractivity contribution in [1.29, 1.82) is 0 Å². The maximum atomic E-state index is 12.4. The highest BCUT2D eigenvalue weighted by Gasteiger charge is 2.21. The first-order valence-corrected chi connectivity index (χ1v) is 7.61. The van der Waals surface area contributed by atoms with Gasteiger partial charge >= 0.3 is 0 Å². The average Bonchev–Trinajstić information content (AvgIpc) is 2.73. The summed E-state index contributed by atoms with van der Waals surface area (Å²) in [4.78, 5) is 12.4. The molecule has 6 heteroatoms. The minimum absolute atomic E-state index is 0.132. The van der Waals surface area contributed by atoms with E-state index in [4.69, 9.17) is 5.73 Å². The Balaban J connectivity index is 2.23. The molecule has 0 radical (unpaired) electrons. The van der Waals surface area contributed by atoms with E-state index in [1.807, 2.05) is 38.1 Å². The number of nitrogens with one attached hydrogen (secondary N) is 1. The van der Waals surface area contributed by atoms with Crippen molar-refractivity contribution >= 4 is 27.5 Å². The molecule has 1 atom stereocenters. The number of anilines is 1. The summed E-state index contributed by atoms with van der Waals surface area (Å²) in [6.07, 6.45) is 0.701. The summed E-state index contributed by atoms with van der Waals surface area (Å²) in [7, 11) is 1.73. The quantitative estimate of drug-likeness (QED) is 0.890. The number of aryl methyl sites for hydroxylation is 2. The van der Waals surface area contributed by atoms with E-state index in [-0.39, 0.29) is 11.9 Å². The second-order valence-electron chi connectivity index (χ2n) is 4.90. The van der Waals surface area contributed by atoms with Crippen molar-refractivity contribution < 1.29 is 4.79 Å². The van der Waals surface area contributed by atoms with Crippen LogP contribution in [0.25, 0.3) is 0 Å². The number of amides is 1. The predicted molar refractivity (Wildman–Crippen MR) is 87.0 cm³/mol. The van der Waals surface area contributed by atoms with Gasteiger partial charge in [0.15, 0.2) is 0 Å². The van der Waals surface area contributed by atoms with Crippen molar-refractivity contribution in [3.63, 3.8) is 0 Å². The first kappa shape index (κ1) is 15.6. The zero-order valence-corrected chi connectivity index (χ0v) is 13.9. The minimum atomic E-state index is -0.217. The van der Waals surface area contributed by atoms with E-state index >= 15 is 0 Å². The number of nitrogens with zero attached hydrogens (tertiary/aromatic N) is 2. The monoisotopic (exact) mass is 350 g/mol. The van der Waals surface area contributed by atoms with Crippen LogP contribution in [0, 0.1) is 0 Å². The number of aromatic nitrogens is 2. The smallest absolute Gasteiger partial charge is 0.272 e. The molecule has 1 heterocycles. The molecule has 0 bridgehead atoms. The van der Waals surface area contributed by atoms with Gasteiger partial charge in [-0.05, 0) is 25.0 Å². The fourth-order valence-electron chi connectivity index (χ4n) is 2.30. The maximum Gasteiger partial charge on any atom is 0.272 e. The molecule has 1 unspecified atom stereocenters. The molecule has 1 aromatic carbocycles. The van der Waals surface area contributed by atoms with Crippen LogP contribution in [-0.4, -0.2) is 15.7 Å². The number of carbonyl (C=O) groups excluding carboxylic acids is 1. The van der Waals surface area contributed by atoms with Crippen LogP contribution in [0.4, 0.5) is 5.69 Å². The molecule has 2 rings (SSSR count). The topological polar surface area (TPSA) is 72.9 Å². The van der Waals surface area contributed by atoms with E-state index in [0.29, 0.717) is 17.8 Å². The van der Waals surface area contributed by atoms with Crippen molar-refractivity contribution in [1.82, 2.24) is 15.1 Å². The lowest BCUT2D eigenvalue weighted by Crippen LogP contribution is -2.29. The Labute approximate surface area is 132 Å². The van der Waals surface area contributed by atoms with Gasteiger partial charge in [0.2, 0.25) is 0 Å². The van der Waals surface area contributed by atoms with Gasteiger partial charge in [0.1, 0.15) is 5.69 Å². The van der Waals surface area contributed by atoms with Gasteiger partial charge in [0.25, 0.3) is 5.91 Å². The third-order valence-corrected chi connectivity index (χ3v) is 4.15. The van der Waals surface area contributed by atoms with E-state index in [1.165, 1.54) is 4.68 Å². The first-order valence-electron chi connectivity index (χ1n) is 6.82. The van der Waals surface area contributed by atoms with Crippen molar-refractivity contribution in [3.05, 3.63) is 45.7 Å². The van der Waals surface area contributed by atoms with Crippen molar-refractivity contribution in [2.24, 2.45) is 7.05 Å². The van der Waals surface area contributed by atoms with Gasteiger partial charge in [-0.3, -0.25) is 9.48 Å². The van der Waals surface area contributed by atoms with Crippen LogP contribution in [0.15, 0.2) is 28.7 Å². The zero-order valence-electron chi connectivity index (χ0n) is 12.4. The summed E-state index contributed by atoms with van der Waals surface area (Å²) in [5.74, 6) is -0.217. The van der Waals surface area contributed by atoms with Crippen LogP contribution in [0.5, 0.6) is 0 Å². The maximum absolute atomic E-state index is 12.4.